The van der Waals surface area contributed by atoms with E-state index >= 15 is 0 Å². The second kappa shape index (κ2) is 6.73. The maximum absolute atomic E-state index is 12.0. The average molecular weight is 330 g/mol. The third kappa shape index (κ3) is 3.35. The summed E-state index contributed by atoms with van der Waals surface area (Å²) in [6.45, 7) is 0.453. The number of nitrogens with one attached hydrogen (secondary N) is 2. The monoisotopic (exact) mass is 330 g/mol. The number of carbonyl (C=O) groups is 1. The molecule has 0 saturated heterocycles. The first kappa shape index (κ1) is 15.3. The van der Waals surface area contributed by atoms with Gasteiger partial charge in [-0.1, -0.05) is 24.3 Å². The fourth-order valence-electron chi connectivity index (χ4n) is 2.95. The molecule has 5 heteroatoms. The van der Waals surface area contributed by atoms with E-state index < -0.39 is 0 Å². The van der Waals surface area contributed by atoms with Crippen LogP contribution in [0.1, 0.15) is 17.8 Å². The van der Waals surface area contributed by atoms with Crippen molar-refractivity contribution in [2.45, 2.75) is 19.4 Å². The summed E-state index contributed by atoms with van der Waals surface area (Å²) in [6.07, 6.45) is 4.59. The van der Waals surface area contributed by atoms with Crippen LogP contribution >= 0.6 is 0 Å². The minimum Gasteiger partial charge on any atom is -0.353 e. The summed E-state index contributed by atoms with van der Waals surface area (Å²) >= 11 is 0. The number of rotatable bonds is 5. The highest BCUT2D eigenvalue weighted by Gasteiger charge is 2.07. The molecule has 0 aliphatic carbocycles. The molecule has 0 aliphatic heterocycles. The number of amides is 1. The van der Waals surface area contributed by atoms with Crippen molar-refractivity contribution < 1.29 is 4.79 Å². The van der Waals surface area contributed by atoms with E-state index in [1.807, 2.05) is 36.5 Å². The van der Waals surface area contributed by atoms with E-state index in [1.165, 1.54) is 5.39 Å². The minimum atomic E-state index is 0.00600. The Balaban J connectivity index is 1.42. The maximum atomic E-state index is 12.0. The summed E-state index contributed by atoms with van der Waals surface area (Å²) in [4.78, 5) is 24.1. The first-order chi connectivity index (χ1) is 12.3. The van der Waals surface area contributed by atoms with E-state index in [0.29, 0.717) is 19.4 Å². The van der Waals surface area contributed by atoms with Gasteiger partial charge in [-0.15, -0.1) is 0 Å². The van der Waals surface area contributed by atoms with Crippen molar-refractivity contribution in [2.75, 3.05) is 0 Å². The van der Waals surface area contributed by atoms with Gasteiger partial charge in [0.1, 0.15) is 0 Å². The van der Waals surface area contributed by atoms with Crippen LogP contribution in [-0.2, 0) is 17.8 Å². The molecule has 4 aromatic rings. The third-order valence-corrected chi connectivity index (χ3v) is 4.25. The first-order valence-corrected chi connectivity index (χ1v) is 8.31. The van der Waals surface area contributed by atoms with E-state index in [4.69, 9.17) is 0 Å². The summed E-state index contributed by atoms with van der Waals surface area (Å²) in [5.41, 5.74) is 3.90. The van der Waals surface area contributed by atoms with Crippen LogP contribution in [-0.4, -0.2) is 20.9 Å². The third-order valence-electron chi connectivity index (χ3n) is 4.25. The summed E-state index contributed by atoms with van der Waals surface area (Å²) in [5.74, 6) is 0.00600. The van der Waals surface area contributed by atoms with Gasteiger partial charge < -0.3 is 10.3 Å². The highest BCUT2D eigenvalue weighted by atomic mass is 16.1. The number of H-pyrrole nitrogens is 1. The fraction of sp³-hybridized carbons (Fsp3) is 0.150. The summed E-state index contributed by atoms with van der Waals surface area (Å²) in [5, 5.41) is 5.22. The number of benzene rings is 1. The van der Waals surface area contributed by atoms with Crippen molar-refractivity contribution >= 4 is 27.7 Å². The molecule has 124 valence electrons. The summed E-state index contributed by atoms with van der Waals surface area (Å²) < 4.78 is 0. The fourth-order valence-corrected chi connectivity index (χ4v) is 2.95. The van der Waals surface area contributed by atoms with Gasteiger partial charge in [0.2, 0.25) is 5.91 Å². The van der Waals surface area contributed by atoms with Crippen molar-refractivity contribution in [3.63, 3.8) is 0 Å². The molecule has 5 nitrogen and oxygen atoms in total. The van der Waals surface area contributed by atoms with Gasteiger partial charge in [-0.3, -0.25) is 14.8 Å². The van der Waals surface area contributed by atoms with E-state index in [2.05, 4.69) is 38.5 Å². The zero-order valence-electron chi connectivity index (χ0n) is 13.7. The Bertz CT molecular complexity index is 1020. The van der Waals surface area contributed by atoms with Crippen LogP contribution in [0.15, 0.2) is 60.9 Å². The number of aromatic nitrogens is 3. The van der Waals surface area contributed by atoms with Crippen molar-refractivity contribution in [3.05, 3.63) is 72.3 Å². The predicted molar refractivity (Wildman–Crippen MR) is 98.0 cm³/mol. The molecule has 3 heterocycles. The lowest BCUT2D eigenvalue weighted by Crippen LogP contribution is -2.23. The number of para-hydroxylation sites is 1. The Morgan fingerprint density at radius 3 is 2.72 bits per heavy atom. The second-order valence-electron chi connectivity index (χ2n) is 5.99. The van der Waals surface area contributed by atoms with Gasteiger partial charge in [-0.05, 0) is 30.7 Å². The van der Waals surface area contributed by atoms with Crippen LogP contribution in [0.3, 0.4) is 0 Å². The van der Waals surface area contributed by atoms with Gasteiger partial charge in [-0.25, -0.2) is 0 Å². The molecule has 0 atom stereocenters. The molecule has 4 rings (SSSR count). The van der Waals surface area contributed by atoms with Gasteiger partial charge in [0.15, 0.2) is 0 Å². The number of aryl methyl sites for hydroxylation is 1. The Kier molecular flexibility index (Phi) is 4.12. The van der Waals surface area contributed by atoms with Crippen LogP contribution in [0.25, 0.3) is 21.8 Å². The standard InChI is InChI=1S/C20H18N4O/c25-20(23-12-15-5-3-4-10-21-15)9-8-14-11-17-16-6-1-2-7-18(16)24-19(17)13-22-14/h1-7,10-11,13,24H,8-9,12H2,(H,23,25). The minimum absolute atomic E-state index is 0.00600. The van der Waals surface area contributed by atoms with Crippen LogP contribution in [0.5, 0.6) is 0 Å². The molecule has 1 aromatic carbocycles. The van der Waals surface area contributed by atoms with Gasteiger partial charge >= 0.3 is 0 Å². The molecule has 0 unspecified atom stereocenters. The Morgan fingerprint density at radius 1 is 0.960 bits per heavy atom. The molecule has 0 bridgehead atoms. The molecule has 0 fully saturated rings. The SMILES string of the molecule is O=C(CCc1cc2c(cn1)[nH]c1ccccc12)NCc1ccccn1. The van der Waals surface area contributed by atoms with Crippen LogP contribution in [0.4, 0.5) is 0 Å². The molecular weight excluding hydrogens is 312 g/mol. The molecule has 1 amide bonds. The number of hydrogen-bond acceptors (Lipinski definition) is 3. The molecule has 3 aromatic heterocycles. The molecule has 2 N–H and O–H groups in total. The van der Waals surface area contributed by atoms with E-state index in [9.17, 15) is 4.79 Å². The molecule has 0 saturated carbocycles. The number of carbonyl (C=O) groups excluding carboxylic acids is 1. The number of nitrogens with zero attached hydrogens (tertiary/aromatic N) is 2. The Labute approximate surface area is 145 Å². The lowest BCUT2D eigenvalue weighted by Gasteiger charge is -2.05. The van der Waals surface area contributed by atoms with Gasteiger partial charge in [0, 0.05) is 34.6 Å². The molecular formula is C20H18N4O. The highest BCUT2D eigenvalue weighted by molar-refractivity contribution is 6.06. The van der Waals surface area contributed by atoms with Gasteiger partial charge in [0.05, 0.1) is 24.0 Å². The number of pyridine rings is 2. The number of aromatic amines is 1. The Hall–Kier alpha value is -3.21. The second-order valence-corrected chi connectivity index (χ2v) is 5.99. The summed E-state index contributed by atoms with van der Waals surface area (Å²) in [6, 6.07) is 15.9. The van der Waals surface area contributed by atoms with Crippen molar-refractivity contribution in [1.29, 1.82) is 0 Å². The highest BCUT2D eigenvalue weighted by Crippen LogP contribution is 2.25. The largest absolute Gasteiger partial charge is 0.353 e. The topological polar surface area (TPSA) is 70.7 Å². The first-order valence-electron chi connectivity index (χ1n) is 8.31. The van der Waals surface area contributed by atoms with E-state index in [-0.39, 0.29) is 5.91 Å². The van der Waals surface area contributed by atoms with Crippen LogP contribution in [0, 0.1) is 0 Å². The van der Waals surface area contributed by atoms with E-state index in [0.717, 1.165) is 27.8 Å². The maximum Gasteiger partial charge on any atom is 0.220 e. The molecule has 25 heavy (non-hydrogen) atoms. The molecule has 0 aliphatic rings. The van der Waals surface area contributed by atoms with Crippen LogP contribution in [0.2, 0.25) is 0 Å². The van der Waals surface area contributed by atoms with Gasteiger partial charge in [0.25, 0.3) is 0 Å². The Morgan fingerprint density at radius 2 is 1.84 bits per heavy atom. The van der Waals surface area contributed by atoms with Crippen molar-refractivity contribution in [2.24, 2.45) is 0 Å². The van der Waals surface area contributed by atoms with Crippen molar-refractivity contribution in [1.82, 2.24) is 20.3 Å². The lowest BCUT2D eigenvalue weighted by molar-refractivity contribution is -0.121. The van der Waals surface area contributed by atoms with Gasteiger partial charge in [-0.2, -0.15) is 0 Å². The molecule has 0 radical (unpaired) electrons. The normalized spacial score (nSPS) is 11.0. The zero-order chi connectivity index (χ0) is 17.1. The quantitative estimate of drug-likeness (QED) is 0.589. The average Bonchev–Trinajstić information content (AvgIpc) is 3.03. The zero-order valence-corrected chi connectivity index (χ0v) is 13.7. The predicted octanol–water partition coefficient (Wildman–Crippen LogP) is 3.36. The van der Waals surface area contributed by atoms with E-state index in [1.54, 1.807) is 6.20 Å². The van der Waals surface area contributed by atoms with Crippen LogP contribution < -0.4 is 5.32 Å². The number of hydrogen-bond donors (Lipinski definition) is 2. The lowest BCUT2D eigenvalue weighted by atomic mass is 10.1. The smallest absolute Gasteiger partial charge is 0.220 e. The molecule has 0 spiro atoms. The number of fused-ring (bicyclic) bond motifs is 3. The summed E-state index contributed by atoms with van der Waals surface area (Å²) in [7, 11) is 0. The van der Waals surface area contributed by atoms with Crippen molar-refractivity contribution in [3.8, 4) is 0 Å².